The highest BCUT2D eigenvalue weighted by molar-refractivity contribution is 9.10. The third-order valence-corrected chi connectivity index (χ3v) is 5.14. The smallest absolute Gasteiger partial charge is 0.265 e. The number of ether oxygens (including phenoxy) is 1. The highest BCUT2D eigenvalue weighted by Gasteiger charge is 2.40. The Hall–Kier alpha value is -0.810. The third kappa shape index (κ3) is 2.79. The molecular weight excluding hydrogens is 320 g/mol. The van der Waals surface area contributed by atoms with Crippen molar-refractivity contribution in [2.24, 2.45) is 0 Å². The van der Waals surface area contributed by atoms with Crippen LogP contribution in [0, 0.1) is 0 Å². The van der Waals surface area contributed by atoms with E-state index in [1.54, 1.807) is 16.8 Å². The van der Waals surface area contributed by atoms with Crippen molar-refractivity contribution < 1.29 is 4.74 Å². The molecule has 2 fully saturated rings. The Bertz CT molecular complexity index is 549. The number of pyridine rings is 1. The van der Waals surface area contributed by atoms with Crippen LogP contribution in [0.2, 0.25) is 0 Å². The van der Waals surface area contributed by atoms with Crippen LogP contribution in [0.15, 0.2) is 21.5 Å². The molecule has 2 N–H and O–H groups in total. The van der Waals surface area contributed by atoms with Crippen LogP contribution in [0.5, 0.6) is 0 Å². The molecule has 0 aromatic carbocycles. The maximum atomic E-state index is 12.1. The van der Waals surface area contributed by atoms with Crippen LogP contribution in [-0.4, -0.2) is 16.3 Å². The summed E-state index contributed by atoms with van der Waals surface area (Å²) in [6.07, 6.45) is 10.3. The standard InChI is InChI=1S/C15H21BrN2O2/c16-13-8-11(17)9-18(14(13)19)10-12-4-7-15(20-12)5-2-1-3-6-15/h8-9,12H,1-7,10,17H2. The van der Waals surface area contributed by atoms with E-state index in [9.17, 15) is 4.79 Å². The van der Waals surface area contributed by atoms with Crippen LogP contribution >= 0.6 is 15.9 Å². The van der Waals surface area contributed by atoms with E-state index >= 15 is 0 Å². The Morgan fingerprint density at radius 1 is 1.35 bits per heavy atom. The summed E-state index contributed by atoms with van der Waals surface area (Å²) < 4.78 is 8.50. The van der Waals surface area contributed by atoms with Gasteiger partial charge in [-0.05, 0) is 47.7 Å². The number of hydrogen-bond donors (Lipinski definition) is 1. The van der Waals surface area contributed by atoms with Gasteiger partial charge in [0.1, 0.15) is 0 Å². The quantitative estimate of drug-likeness (QED) is 0.899. The fourth-order valence-electron chi connectivity index (χ4n) is 3.56. The summed E-state index contributed by atoms with van der Waals surface area (Å²) >= 11 is 3.26. The van der Waals surface area contributed by atoms with Gasteiger partial charge in [0, 0.05) is 11.9 Å². The molecule has 3 rings (SSSR count). The van der Waals surface area contributed by atoms with Crippen molar-refractivity contribution in [2.75, 3.05) is 5.73 Å². The summed E-state index contributed by atoms with van der Waals surface area (Å²) in [5.41, 5.74) is 6.47. The molecule has 20 heavy (non-hydrogen) atoms. The van der Waals surface area contributed by atoms with Crippen LogP contribution in [0.4, 0.5) is 5.69 Å². The molecule has 1 aromatic rings. The van der Waals surface area contributed by atoms with Gasteiger partial charge in [-0.1, -0.05) is 19.3 Å². The van der Waals surface area contributed by atoms with Gasteiger partial charge in [-0.2, -0.15) is 0 Å². The predicted molar refractivity (Wildman–Crippen MR) is 82.7 cm³/mol. The lowest BCUT2D eigenvalue weighted by atomic mass is 9.83. The lowest BCUT2D eigenvalue weighted by Crippen LogP contribution is -2.34. The van der Waals surface area contributed by atoms with Crippen molar-refractivity contribution in [1.82, 2.24) is 4.57 Å². The Labute approximate surface area is 127 Å². The summed E-state index contributed by atoms with van der Waals surface area (Å²) in [4.78, 5) is 12.1. The van der Waals surface area contributed by atoms with Gasteiger partial charge in [-0.3, -0.25) is 4.79 Å². The molecule has 1 saturated heterocycles. The van der Waals surface area contributed by atoms with Crippen LogP contribution < -0.4 is 11.3 Å². The summed E-state index contributed by atoms with van der Waals surface area (Å²) in [7, 11) is 0. The maximum Gasteiger partial charge on any atom is 0.265 e. The molecule has 1 aliphatic carbocycles. The zero-order chi connectivity index (χ0) is 14.2. The predicted octanol–water partition coefficient (Wildman–Crippen LogP) is 3.07. The van der Waals surface area contributed by atoms with Crippen molar-refractivity contribution in [3.8, 4) is 0 Å². The molecule has 0 amide bonds. The van der Waals surface area contributed by atoms with Crippen molar-refractivity contribution in [2.45, 2.75) is 63.2 Å². The molecule has 1 saturated carbocycles. The van der Waals surface area contributed by atoms with E-state index in [2.05, 4.69) is 15.9 Å². The second kappa shape index (κ2) is 5.53. The van der Waals surface area contributed by atoms with Crippen molar-refractivity contribution >= 4 is 21.6 Å². The molecule has 110 valence electrons. The Balaban J connectivity index is 1.72. The topological polar surface area (TPSA) is 57.2 Å². The Morgan fingerprint density at radius 2 is 2.10 bits per heavy atom. The number of nitrogen functional groups attached to an aromatic ring is 1. The number of nitrogens with zero attached hydrogens (tertiary/aromatic N) is 1. The van der Waals surface area contributed by atoms with Gasteiger partial charge in [0.05, 0.1) is 22.7 Å². The first kappa shape index (κ1) is 14.1. The van der Waals surface area contributed by atoms with Gasteiger partial charge in [-0.25, -0.2) is 0 Å². The average molecular weight is 341 g/mol. The molecule has 2 aliphatic rings. The molecule has 1 atom stereocenters. The van der Waals surface area contributed by atoms with E-state index in [0.717, 1.165) is 12.8 Å². The Kier molecular flexibility index (Phi) is 3.91. The van der Waals surface area contributed by atoms with E-state index in [0.29, 0.717) is 16.7 Å². The lowest BCUT2D eigenvalue weighted by molar-refractivity contribution is -0.0682. The summed E-state index contributed by atoms with van der Waals surface area (Å²) in [5, 5.41) is 0. The van der Waals surface area contributed by atoms with E-state index in [-0.39, 0.29) is 17.3 Å². The van der Waals surface area contributed by atoms with E-state index < -0.39 is 0 Å². The number of rotatable bonds is 2. The molecule has 1 aliphatic heterocycles. The number of aromatic nitrogens is 1. The number of nitrogens with two attached hydrogens (primary N) is 1. The first-order valence-electron chi connectivity index (χ1n) is 7.41. The summed E-state index contributed by atoms with van der Waals surface area (Å²) in [6, 6.07) is 1.65. The molecule has 1 unspecified atom stereocenters. The SMILES string of the molecule is Nc1cc(Br)c(=O)n(CC2CCC3(CCCCC3)O2)c1. The van der Waals surface area contributed by atoms with Gasteiger partial charge in [0.25, 0.3) is 5.56 Å². The molecule has 5 heteroatoms. The zero-order valence-electron chi connectivity index (χ0n) is 11.6. The normalized spacial score (nSPS) is 25.1. The van der Waals surface area contributed by atoms with E-state index in [1.165, 1.54) is 32.1 Å². The van der Waals surface area contributed by atoms with Crippen LogP contribution in [0.1, 0.15) is 44.9 Å². The van der Waals surface area contributed by atoms with Crippen LogP contribution in [0.25, 0.3) is 0 Å². The molecule has 1 aromatic heterocycles. The molecular formula is C15H21BrN2O2. The zero-order valence-corrected chi connectivity index (χ0v) is 13.2. The van der Waals surface area contributed by atoms with Crippen LogP contribution in [-0.2, 0) is 11.3 Å². The van der Waals surface area contributed by atoms with Crippen molar-refractivity contribution in [3.63, 3.8) is 0 Å². The second-order valence-corrected chi connectivity index (χ2v) is 6.96. The average Bonchev–Trinajstić information content (AvgIpc) is 2.79. The summed E-state index contributed by atoms with van der Waals surface area (Å²) in [6.45, 7) is 0.601. The third-order valence-electron chi connectivity index (χ3n) is 4.57. The summed E-state index contributed by atoms with van der Waals surface area (Å²) in [5.74, 6) is 0. The minimum Gasteiger partial charge on any atom is -0.398 e. The van der Waals surface area contributed by atoms with E-state index in [4.69, 9.17) is 10.5 Å². The van der Waals surface area contributed by atoms with Gasteiger partial charge in [0.2, 0.25) is 0 Å². The monoisotopic (exact) mass is 340 g/mol. The number of anilines is 1. The first-order valence-corrected chi connectivity index (χ1v) is 8.21. The fraction of sp³-hybridized carbons (Fsp3) is 0.667. The second-order valence-electron chi connectivity index (χ2n) is 6.10. The van der Waals surface area contributed by atoms with Gasteiger partial charge in [-0.15, -0.1) is 0 Å². The first-order chi connectivity index (χ1) is 9.58. The maximum absolute atomic E-state index is 12.1. The largest absolute Gasteiger partial charge is 0.398 e. The molecule has 1 spiro atoms. The molecule has 2 heterocycles. The van der Waals surface area contributed by atoms with Crippen molar-refractivity contribution in [1.29, 1.82) is 0 Å². The van der Waals surface area contributed by atoms with Gasteiger partial charge >= 0.3 is 0 Å². The minimum atomic E-state index is -0.0348. The molecule has 0 bridgehead atoms. The van der Waals surface area contributed by atoms with Crippen molar-refractivity contribution in [3.05, 3.63) is 27.1 Å². The van der Waals surface area contributed by atoms with Crippen LogP contribution in [0.3, 0.4) is 0 Å². The molecule has 4 nitrogen and oxygen atoms in total. The minimum absolute atomic E-state index is 0.0348. The highest BCUT2D eigenvalue weighted by Crippen LogP contribution is 2.42. The highest BCUT2D eigenvalue weighted by atomic mass is 79.9. The lowest BCUT2D eigenvalue weighted by Gasteiger charge is -2.33. The van der Waals surface area contributed by atoms with E-state index in [1.807, 2.05) is 0 Å². The fourth-order valence-corrected chi connectivity index (χ4v) is 4.06. The number of hydrogen-bond acceptors (Lipinski definition) is 3. The molecule has 0 radical (unpaired) electrons. The van der Waals surface area contributed by atoms with Gasteiger partial charge < -0.3 is 15.0 Å². The number of halogens is 1. The Morgan fingerprint density at radius 3 is 2.85 bits per heavy atom. The van der Waals surface area contributed by atoms with Gasteiger partial charge in [0.15, 0.2) is 0 Å².